The Bertz CT molecular complexity index is 2690. The van der Waals surface area contributed by atoms with Crippen LogP contribution in [0.1, 0.15) is 52.0 Å². The van der Waals surface area contributed by atoms with Crippen LogP contribution in [0.5, 0.6) is 0 Å². The molecule has 0 aliphatic carbocycles. The standard InChI is InChI=1S/C24H22N2O6.C22H20N2O5/c1-13(27)31-11-10-24-12-18(28)23(2,32-24)19-20(24)22(30)26(21(19)29)17-9-8-16(25-3)14-6-4-5-7-15(14)17;1-21-16(26)10-22(29-21,8-9-25)18-17(21)19(27)24(20(18)28)15-7-6-12(11-23)13-4-2-3-5-14(13)15/h4-9,18-20,28H,10-12H2,1-2H3;2-7,16-18,25-26H,8-10H2,1H3/t18-,19-,20+,23?,24?;16-,17-,18+,21?,22?/m10/s1. The van der Waals surface area contributed by atoms with Crippen LogP contribution in [-0.2, 0) is 38.2 Å². The number of rotatable bonds is 7. The molecular formula is C46H42N4O11. The lowest BCUT2D eigenvalue weighted by Gasteiger charge is -2.33. The van der Waals surface area contributed by atoms with E-state index in [1.807, 2.05) is 0 Å². The first-order valence-corrected chi connectivity index (χ1v) is 20.2. The molecule has 6 aliphatic heterocycles. The number of hydrogen-bond acceptors (Lipinski definition) is 12. The van der Waals surface area contributed by atoms with Gasteiger partial charge in [0.1, 0.15) is 11.2 Å². The van der Waals surface area contributed by atoms with Crippen molar-refractivity contribution in [2.75, 3.05) is 23.0 Å². The summed E-state index contributed by atoms with van der Waals surface area (Å²) in [4.78, 5) is 71.5. The number of benzene rings is 4. The van der Waals surface area contributed by atoms with Crippen LogP contribution in [0.15, 0.2) is 72.8 Å². The lowest BCUT2D eigenvalue weighted by atomic mass is 9.66. The summed E-state index contributed by atoms with van der Waals surface area (Å²) in [5.74, 6) is -5.21. The van der Waals surface area contributed by atoms with E-state index in [0.717, 1.165) is 0 Å². The second kappa shape index (κ2) is 14.0. The Kier molecular flexibility index (Phi) is 9.25. The number of imide groups is 2. The molecule has 4 aromatic carbocycles. The van der Waals surface area contributed by atoms with Crippen LogP contribution in [-0.4, -0.2) is 92.7 Å². The number of nitrogens with zero attached hydrogens (tertiary/aromatic N) is 4. The molecule has 4 unspecified atom stereocenters. The Labute approximate surface area is 349 Å². The molecule has 3 N–H and O–H groups in total. The number of amides is 4. The SMILES string of the molecule is CC12OC(CCO)(C[C@@H]1O)[C@H]1C(=O)N(c3ccc(C#N)c4ccccc34)C(=O)[C@H]12.[C-]#[N+]c1ccc(N2C(=O)[C@@H]3[C@H](C2=O)C2(C)OC3(CCOC(C)=O)C[C@H]2O)c2ccccc12. The zero-order valence-electron chi connectivity index (χ0n) is 33.5. The van der Waals surface area contributed by atoms with Gasteiger partial charge < -0.3 is 29.5 Å². The molecule has 4 bridgehead atoms. The molecule has 15 heteroatoms. The highest BCUT2D eigenvalue weighted by Crippen LogP contribution is 2.64. The van der Waals surface area contributed by atoms with Crippen LogP contribution in [0.4, 0.5) is 17.1 Å². The fourth-order valence-electron chi connectivity index (χ4n) is 11.4. The van der Waals surface area contributed by atoms with Gasteiger partial charge in [0.05, 0.1) is 83.3 Å². The molecule has 0 saturated carbocycles. The summed E-state index contributed by atoms with van der Waals surface area (Å²) in [5.41, 5.74) is -2.73. The first kappa shape index (κ1) is 40.3. The first-order chi connectivity index (χ1) is 29.1. The highest BCUT2D eigenvalue weighted by atomic mass is 16.6. The van der Waals surface area contributed by atoms with Gasteiger partial charge in [-0.3, -0.25) is 24.0 Å². The molecule has 0 aromatic heterocycles. The van der Waals surface area contributed by atoms with Crippen molar-refractivity contribution in [3.05, 3.63) is 89.8 Å². The second-order valence-electron chi connectivity index (χ2n) is 17.2. The van der Waals surface area contributed by atoms with E-state index in [4.69, 9.17) is 20.8 Å². The number of anilines is 2. The summed E-state index contributed by atoms with van der Waals surface area (Å²) in [6.45, 7) is 11.9. The average molecular weight is 827 g/mol. The van der Waals surface area contributed by atoms with Crippen molar-refractivity contribution < 1.29 is 53.5 Å². The molecule has 4 aromatic rings. The van der Waals surface area contributed by atoms with Crippen molar-refractivity contribution in [2.24, 2.45) is 23.7 Å². The maximum atomic E-state index is 13.7. The maximum Gasteiger partial charge on any atom is 0.302 e. The minimum absolute atomic E-state index is 0.0332. The molecule has 0 spiro atoms. The third kappa shape index (κ3) is 5.48. The zero-order valence-corrected chi connectivity index (χ0v) is 33.5. The third-order valence-corrected chi connectivity index (χ3v) is 14.1. The number of esters is 1. The highest BCUT2D eigenvalue weighted by molar-refractivity contribution is 6.27. The highest BCUT2D eigenvalue weighted by Gasteiger charge is 2.78. The van der Waals surface area contributed by atoms with Gasteiger partial charge in [0, 0.05) is 50.0 Å². The van der Waals surface area contributed by atoms with Gasteiger partial charge in [-0.2, -0.15) is 5.26 Å². The molecule has 10 rings (SSSR count). The van der Waals surface area contributed by atoms with Crippen LogP contribution in [0.2, 0.25) is 0 Å². The molecule has 6 saturated heterocycles. The van der Waals surface area contributed by atoms with E-state index in [0.29, 0.717) is 44.2 Å². The molecule has 10 atom stereocenters. The zero-order chi connectivity index (χ0) is 43.4. The Morgan fingerprint density at radius 3 is 1.70 bits per heavy atom. The Morgan fingerprint density at radius 1 is 0.754 bits per heavy atom. The van der Waals surface area contributed by atoms with Crippen molar-refractivity contribution in [3.8, 4) is 6.07 Å². The molecule has 0 radical (unpaired) electrons. The number of carbonyl (C=O) groups is 5. The number of ether oxygens (including phenoxy) is 3. The normalized spacial score (nSPS) is 34.1. The predicted molar refractivity (Wildman–Crippen MR) is 216 cm³/mol. The summed E-state index contributed by atoms with van der Waals surface area (Å²) in [6, 6.07) is 22.9. The molecule has 4 amide bonds. The van der Waals surface area contributed by atoms with Gasteiger partial charge in [-0.25, -0.2) is 14.6 Å². The van der Waals surface area contributed by atoms with Crippen molar-refractivity contribution in [3.63, 3.8) is 0 Å². The number of carbonyl (C=O) groups excluding carboxylic acids is 5. The number of hydrogen-bond donors (Lipinski definition) is 3. The number of nitriles is 1. The van der Waals surface area contributed by atoms with E-state index in [9.17, 15) is 44.6 Å². The second-order valence-corrected chi connectivity index (χ2v) is 17.2. The van der Waals surface area contributed by atoms with Gasteiger partial charge in [-0.1, -0.05) is 54.6 Å². The van der Waals surface area contributed by atoms with Crippen molar-refractivity contribution in [1.82, 2.24) is 0 Å². The molecule has 61 heavy (non-hydrogen) atoms. The van der Waals surface area contributed by atoms with Gasteiger partial charge in [0.2, 0.25) is 23.6 Å². The fourth-order valence-corrected chi connectivity index (χ4v) is 11.4. The molecule has 312 valence electrons. The molecule has 6 aliphatic rings. The topological polar surface area (TPSA) is 208 Å². The van der Waals surface area contributed by atoms with Gasteiger partial charge in [-0.05, 0) is 42.8 Å². The summed E-state index contributed by atoms with van der Waals surface area (Å²) < 4.78 is 17.4. The number of aliphatic hydroxyl groups is 3. The smallest absolute Gasteiger partial charge is 0.302 e. The molecule has 15 nitrogen and oxygen atoms in total. The summed E-state index contributed by atoms with van der Waals surface area (Å²) >= 11 is 0. The Hall–Kier alpha value is -6.07. The first-order valence-electron chi connectivity index (χ1n) is 20.2. The lowest BCUT2D eigenvalue weighted by Crippen LogP contribution is -2.49. The van der Waals surface area contributed by atoms with Gasteiger partial charge in [0.15, 0.2) is 5.69 Å². The average Bonchev–Trinajstić information content (AvgIpc) is 3.99. The van der Waals surface area contributed by atoms with Gasteiger partial charge >= 0.3 is 5.97 Å². The van der Waals surface area contributed by atoms with Crippen molar-refractivity contribution in [2.45, 2.75) is 81.1 Å². The maximum absolute atomic E-state index is 13.7. The van der Waals surface area contributed by atoms with Crippen LogP contribution in [0.25, 0.3) is 26.4 Å². The Morgan fingerprint density at radius 2 is 1.21 bits per heavy atom. The van der Waals surface area contributed by atoms with E-state index >= 15 is 0 Å². The van der Waals surface area contributed by atoms with Crippen LogP contribution in [0.3, 0.4) is 0 Å². The van der Waals surface area contributed by atoms with Gasteiger partial charge in [0.25, 0.3) is 0 Å². The quantitative estimate of drug-likeness (QED) is 0.136. The van der Waals surface area contributed by atoms with Gasteiger partial charge in [-0.15, -0.1) is 0 Å². The van der Waals surface area contributed by atoms with Crippen LogP contribution >= 0.6 is 0 Å². The van der Waals surface area contributed by atoms with E-state index < -0.39 is 76.1 Å². The summed E-state index contributed by atoms with van der Waals surface area (Å²) in [6.07, 6.45) is -1.00. The Balaban J connectivity index is 0.000000157. The number of aliphatic hydroxyl groups excluding tert-OH is 3. The predicted octanol–water partition coefficient (Wildman–Crippen LogP) is 4.23. The van der Waals surface area contributed by atoms with E-state index in [-0.39, 0.29) is 50.7 Å². The molecule has 6 heterocycles. The van der Waals surface area contributed by atoms with E-state index in [1.54, 1.807) is 86.6 Å². The summed E-state index contributed by atoms with van der Waals surface area (Å²) in [5, 5.41) is 42.9. The van der Waals surface area contributed by atoms with Crippen LogP contribution < -0.4 is 9.80 Å². The van der Waals surface area contributed by atoms with Crippen LogP contribution in [0, 0.1) is 41.6 Å². The lowest BCUT2D eigenvalue weighted by molar-refractivity contribution is -0.144. The monoisotopic (exact) mass is 826 g/mol. The minimum Gasteiger partial charge on any atom is -0.466 e. The fraction of sp³-hybridized carbons (Fsp3) is 0.413. The molecular weight excluding hydrogens is 785 g/mol. The third-order valence-electron chi connectivity index (χ3n) is 14.1. The van der Waals surface area contributed by atoms with E-state index in [1.165, 1.54) is 16.7 Å². The molecule has 6 fully saturated rings. The minimum atomic E-state index is -1.20. The van der Waals surface area contributed by atoms with Crippen molar-refractivity contribution in [1.29, 1.82) is 5.26 Å². The summed E-state index contributed by atoms with van der Waals surface area (Å²) in [7, 11) is 0. The van der Waals surface area contributed by atoms with E-state index in [2.05, 4.69) is 10.9 Å². The van der Waals surface area contributed by atoms with Crippen molar-refractivity contribution >= 4 is 68.2 Å². The number of fused-ring (bicyclic) bond motifs is 12. The largest absolute Gasteiger partial charge is 0.466 e.